The van der Waals surface area contributed by atoms with Gasteiger partial charge in [0.1, 0.15) is 5.75 Å². The van der Waals surface area contributed by atoms with E-state index < -0.39 is 11.9 Å². The van der Waals surface area contributed by atoms with Crippen LogP contribution in [0.1, 0.15) is 43.7 Å². The van der Waals surface area contributed by atoms with E-state index in [1.807, 2.05) is 19.9 Å². The molecule has 1 aromatic carbocycles. The van der Waals surface area contributed by atoms with Crippen LogP contribution in [0.25, 0.3) is 0 Å². The van der Waals surface area contributed by atoms with E-state index in [0.717, 1.165) is 37.0 Å². The zero-order valence-corrected chi connectivity index (χ0v) is 16.9. The van der Waals surface area contributed by atoms with Crippen LogP contribution in [-0.4, -0.2) is 54.8 Å². The monoisotopic (exact) mass is 389 g/mol. The molecule has 28 heavy (non-hydrogen) atoms. The Bertz CT molecular complexity index is 711. The highest BCUT2D eigenvalue weighted by molar-refractivity contribution is 5.79. The third-order valence-corrected chi connectivity index (χ3v) is 6.18. The molecule has 2 fully saturated rings. The summed E-state index contributed by atoms with van der Waals surface area (Å²) in [4.78, 5) is 26.2. The van der Waals surface area contributed by atoms with Gasteiger partial charge in [-0.3, -0.25) is 9.59 Å². The number of carbonyl (C=O) groups is 2. The van der Waals surface area contributed by atoms with Crippen molar-refractivity contribution in [2.24, 2.45) is 11.3 Å². The van der Waals surface area contributed by atoms with Gasteiger partial charge in [-0.2, -0.15) is 0 Å². The first-order valence-electron chi connectivity index (χ1n) is 10.3. The van der Waals surface area contributed by atoms with E-state index in [0.29, 0.717) is 39.3 Å². The zero-order valence-electron chi connectivity index (χ0n) is 16.9. The number of benzene rings is 1. The maximum atomic E-state index is 12.7. The average Bonchev–Trinajstić information content (AvgIpc) is 3.03. The highest BCUT2D eigenvalue weighted by Gasteiger charge is 2.51. The van der Waals surface area contributed by atoms with E-state index in [4.69, 9.17) is 9.47 Å². The number of likely N-dealkylation sites (tertiary alicyclic amines) is 1. The minimum absolute atomic E-state index is 0.0669. The molecule has 0 radical (unpaired) electrons. The van der Waals surface area contributed by atoms with Gasteiger partial charge >= 0.3 is 5.97 Å². The van der Waals surface area contributed by atoms with Gasteiger partial charge < -0.3 is 19.5 Å². The van der Waals surface area contributed by atoms with Crippen molar-refractivity contribution in [3.05, 3.63) is 29.3 Å². The molecule has 3 rings (SSSR count). The number of aryl methyl sites for hydroxylation is 2. The van der Waals surface area contributed by atoms with Crippen LogP contribution in [0.2, 0.25) is 0 Å². The normalized spacial score (nSPS) is 21.1. The minimum Gasteiger partial charge on any atom is -0.494 e. The lowest BCUT2D eigenvalue weighted by Gasteiger charge is -2.36. The Morgan fingerprint density at radius 2 is 2.07 bits per heavy atom. The summed E-state index contributed by atoms with van der Waals surface area (Å²) in [6, 6.07) is 6.15. The summed E-state index contributed by atoms with van der Waals surface area (Å²) >= 11 is 0. The van der Waals surface area contributed by atoms with Gasteiger partial charge in [0.25, 0.3) is 0 Å². The Balaban J connectivity index is 1.54. The Kier molecular flexibility index (Phi) is 6.60. The number of hydrogen-bond acceptors (Lipinski definition) is 4. The van der Waals surface area contributed by atoms with Gasteiger partial charge in [0, 0.05) is 38.1 Å². The van der Waals surface area contributed by atoms with Crippen molar-refractivity contribution in [2.75, 3.05) is 32.9 Å². The van der Waals surface area contributed by atoms with E-state index in [1.165, 1.54) is 5.56 Å². The summed E-state index contributed by atoms with van der Waals surface area (Å²) < 4.78 is 11.0. The highest BCUT2D eigenvalue weighted by atomic mass is 16.5. The zero-order chi connectivity index (χ0) is 20.1. The average molecular weight is 389 g/mol. The molecule has 154 valence electrons. The van der Waals surface area contributed by atoms with Crippen LogP contribution < -0.4 is 4.74 Å². The molecule has 1 spiro atoms. The number of aliphatic carboxylic acids is 1. The van der Waals surface area contributed by atoms with E-state index in [-0.39, 0.29) is 11.3 Å². The molecule has 6 heteroatoms. The molecule has 0 bridgehead atoms. The van der Waals surface area contributed by atoms with Crippen molar-refractivity contribution in [2.45, 2.75) is 46.0 Å². The topological polar surface area (TPSA) is 76.1 Å². The van der Waals surface area contributed by atoms with Gasteiger partial charge in [0.15, 0.2) is 0 Å². The molecule has 1 aromatic rings. The lowest BCUT2D eigenvalue weighted by Crippen LogP contribution is -2.40. The molecule has 2 aliphatic heterocycles. The summed E-state index contributed by atoms with van der Waals surface area (Å²) in [5, 5.41) is 9.65. The second kappa shape index (κ2) is 8.95. The van der Waals surface area contributed by atoms with Crippen LogP contribution >= 0.6 is 0 Å². The number of ether oxygens (including phenoxy) is 2. The second-order valence-corrected chi connectivity index (χ2v) is 8.03. The predicted molar refractivity (Wildman–Crippen MR) is 105 cm³/mol. The highest BCUT2D eigenvalue weighted by Crippen LogP contribution is 2.44. The summed E-state index contributed by atoms with van der Waals surface area (Å²) in [5.41, 5.74) is 1.99. The van der Waals surface area contributed by atoms with Crippen molar-refractivity contribution in [1.29, 1.82) is 0 Å². The summed E-state index contributed by atoms with van der Waals surface area (Å²) in [5.74, 6) is -0.297. The van der Waals surface area contributed by atoms with Crippen LogP contribution in [0, 0.1) is 18.3 Å². The number of carboxylic acids is 1. The minimum atomic E-state index is -0.790. The lowest BCUT2D eigenvalue weighted by molar-refractivity contribution is -0.146. The van der Waals surface area contributed by atoms with Gasteiger partial charge in [0.05, 0.1) is 12.5 Å². The van der Waals surface area contributed by atoms with E-state index >= 15 is 0 Å². The molecule has 2 aliphatic rings. The van der Waals surface area contributed by atoms with Crippen molar-refractivity contribution in [3.8, 4) is 5.75 Å². The SMILES string of the molecule is CCOc1ccc(CCCC(=O)N2CC(C(=O)O)C3(CCOCC3)C2)cc1C. The standard InChI is InChI=1S/C22H31NO5/c1-3-28-19-8-7-17(13-16(19)2)5-4-6-20(24)23-14-18(21(25)26)22(15-23)9-11-27-12-10-22/h7-8,13,18H,3-6,9-12,14-15H2,1-2H3,(H,25,26). The van der Waals surface area contributed by atoms with Crippen LogP contribution in [-0.2, 0) is 20.7 Å². The maximum absolute atomic E-state index is 12.7. The summed E-state index contributed by atoms with van der Waals surface area (Å²) in [7, 11) is 0. The largest absolute Gasteiger partial charge is 0.494 e. The van der Waals surface area contributed by atoms with Gasteiger partial charge in [-0.1, -0.05) is 12.1 Å². The van der Waals surface area contributed by atoms with Crippen molar-refractivity contribution in [3.63, 3.8) is 0 Å². The number of nitrogens with zero attached hydrogens (tertiary/aromatic N) is 1. The molecule has 1 amide bonds. The van der Waals surface area contributed by atoms with Crippen molar-refractivity contribution < 1.29 is 24.2 Å². The Morgan fingerprint density at radius 3 is 2.71 bits per heavy atom. The number of hydrogen-bond donors (Lipinski definition) is 1. The number of carboxylic acid groups (broad SMARTS) is 1. The molecular formula is C22H31NO5. The van der Waals surface area contributed by atoms with Crippen molar-refractivity contribution in [1.82, 2.24) is 4.90 Å². The van der Waals surface area contributed by atoms with Crippen LogP contribution in [0.3, 0.4) is 0 Å². The Hall–Kier alpha value is -2.08. The van der Waals surface area contributed by atoms with Crippen LogP contribution in [0.4, 0.5) is 0 Å². The lowest BCUT2D eigenvalue weighted by atomic mass is 9.72. The third kappa shape index (κ3) is 4.49. The smallest absolute Gasteiger partial charge is 0.308 e. The van der Waals surface area contributed by atoms with Crippen molar-refractivity contribution >= 4 is 11.9 Å². The quantitative estimate of drug-likeness (QED) is 0.776. The van der Waals surface area contributed by atoms with E-state index in [9.17, 15) is 14.7 Å². The fraction of sp³-hybridized carbons (Fsp3) is 0.636. The first kappa shape index (κ1) is 20.6. The van der Waals surface area contributed by atoms with Gasteiger partial charge in [-0.25, -0.2) is 0 Å². The second-order valence-electron chi connectivity index (χ2n) is 8.03. The number of rotatable bonds is 7. The molecule has 2 heterocycles. The first-order chi connectivity index (χ1) is 13.4. The van der Waals surface area contributed by atoms with Gasteiger partial charge in [0.2, 0.25) is 5.91 Å². The molecule has 2 saturated heterocycles. The molecule has 6 nitrogen and oxygen atoms in total. The number of carbonyl (C=O) groups excluding carboxylic acids is 1. The Labute approximate surface area is 166 Å². The predicted octanol–water partition coefficient (Wildman–Crippen LogP) is 3.06. The third-order valence-electron chi connectivity index (χ3n) is 6.18. The molecule has 0 aliphatic carbocycles. The van der Waals surface area contributed by atoms with E-state index in [2.05, 4.69) is 12.1 Å². The summed E-state index contributed by atoms with van der Waals surface area (Å²) in [6.45, 7) is 6.70. The fourth-order valence-electron chi connectivity index (χ4n) is 4.57. The summed E-state index contributed by atoms with van der Waals surface area (Å²) in [6.07, 6.45) is 3.48. The molecular weight excluding hydrogens is 358 g/mol. The maximum Gasteiger partial charge on any atom is 0.308 e. The van der Waals surface area contributed by atoms with Crippen LogP contribution in [0.5, 0.6) is 5.75 Å². The first-order valence-corrected chi connectivity index (χ1v) is 10.3. The number of amides is 1. The van der Waals surface area contributed by atoms with Gasteiger partial charge in [-0.05, 0) is 56.7 Å². The molecule has 1 atom stereocenters. The molecule has 1 N–H and O–H groups in total. The Morgan fingerprint density at radius 1 is 1.32 bits per heavy atom. The molecule has 1 unspecified atom stereocenters. The molecule has 0 saturated carbocycles. The van der Waals surface area contributed by atoms with Gasteiger partial charge in [-0.15, -0.1) is 0 Å². The van der Waals surface area contributed by atoms with E-state index in [1.54, 1.807) is 4.90 Å². The molecule has 0 aromatic heterocycles. The fourth-order valence-corrected chi connectivity index (χ4v) is 4.57. The van der Waals surface area contributed by atoms with Crippen LogP contribution in [0.15, 0.2) is 18.2 Å².